The van der Waals surface area contributed by atoms with Gasteiger partial charge >= 0.3 is 0 Å². The average Bonchev–Trinajstić information content (AvgIpc) is 3.40. The quantitative estimate of drug-likeness (QED) is 0.596. The number of carbonyl (C=O) groups excluding carboxylic acids is 1. The molecule has 1 atom stereocenters. The van der Waals surface area contributed by atoms with E-state index in [0.717, 1.165) is 0 Å². The van der Waals surface area contributed by atoms with Gasteiger partial charge in [0.05, 0.1) is 23.4 Å². The second-order valence-corrected chi connectivity index (χ2v) is 9.77. The number of sulfonamides is 1. The van der Waals surface area contributed by atoms with E-state index in [1.807, 2.05) is 18.2 Å². The molecule has 33 heavy (non-hydrogen) atoms. The van der Waals surface area contributed by atoms with Gasteiger partial charge in [0.2, 0.25) is 15.9 Å². The van der Waals surface area contributed by atoms with Crippen molar-refractivity contribution in [2.24, 2.45) is 7.05 Å². The average molecular weight is 471 g/mol. The minimum Gasteiger partial charge on any atom is -0.497 e. The smallest absolute Gasteiger partial charge is 0.295 e. The Balaban J connectivity index is 1.62. The summed E-state index contributed by atoms with van der Waals surface area (Å²) in [6, 6.07) is 14.2. The Morgan fingerprint density at radius 3 is 2.39 bits per heavy atom. The Bertz CT molecular complexity index is 1330. The number of carbonyl (C=O) groups is 1. The van der Waals surface area contributed by atoms with Crippen molar-refractivity contribution in [3.05, 3.63) is 70.6 Å². The molecule has 9 nitrogen and oxygen atoms in total. The maximum absolute atomic E-state index is 13.2. The first kappa shape index (κ1) is 22.8. The Morgan fingerprint density at radius 2 is 1.76 bits per heavy atom. The third-order valence-corrected chi connectivity index (χ3v) is 7.90. The fourth-order valence-electron chi connectivity index (χ4n) is 4.09. The number of rotatable bonds is 6. The second kappa shape index (κ2) is 8.87. The monoisotopic (exact) mass is 470 g/mol. The van der Waals surface area contributed by atoms with Gasteiger partial charge in [-0.2, -0.15) is 4.31 Å². The van der Waals surface area contributed by atoms with Crippen LogP contribution in [0.3, 0.4) is 0 Å². The molecule has 4 rings (SSSR count). The van der Waals surface area contributed by atoms with Crippen LogP contribution in [0.5, 0.6) is 5.75 Å². The molecule has 1 N–H and O–H groups in total. The van der Waals surface area contributed by atoms with Gasteiger partial charge in [0, 0.05) is 13.6 Å². The number of hydrogen-bond donors (Lipinski definition) is 1. The second-order valence-electron chi connectivity index (χ2n) is 7.88. The summed E-state index contributed by atoms with van der Waals surface area (Å²) in [5.41, 5.74) is 0.995. The number of benzene rings is 2. The van der Waals surface area contributed by atoms with Gasteiger partial charge in [-0.3, -0.25) is 14.3 Å². The summed E-state index contributed by atoms with van der Waals surface area (Å²) in [6.45, 7) is 1.96. The molecular weight excluding hydrogens is 444 g/mol. The third kappa shape index (κ3) is 4.07. The lowest BCUT2D eigenvalue weighted by atomic mass is 10.2. The van der Waals surface area contributed by atoms with Crippen LogP contribution < -0.4 is 15.6 Å². The van der Waals surface area contributed by atoms with Crippen LogP contribution in [-0.2, 0) is 21.9 Å². The molecule has 3 aromatic rings. The SMILES string of the molecule is COc1ccc(S(=O)(=O)N2CCC[C@H]2C(=O)Nc2c(C)n(C)n(-c3ccccc3)c2=O)cc1. The van der Waals surface area contributed by atoms with Gasteiger partial charge in [-0.15, -0.1) is 0 Å². The van der Waals surface area contributed by atoms with Gasteiger partial charge in [0.15, 0.2) is 0 Å². The molecule has 1 saturated heterocycles. The van der Waals surface area contributed by atoms with E-state index in [1.54, 1.807) is 42.9 Å². The van der Waals surface area contributed by atoms with Crippen molar-refractivity contribution < 1.29 is 17.9 Å². The molecule has 0 radical (unpaired) electrons. The van der Waals surface area contributed by atoms with Gasteiger partial charge in [-0.25, -0.2) is 13.1 Å². The topological polar surface area (TPSA) is 103 Å². The highest BCUT2D eigenvalue weighted by Crippen LogP contribution is 2.28. The Hall–Kier alpha value is -3.37. The molecule has 0 spiro atoms. The molecule has 1 aliphatic heterocycles. The van der Waals surface area contributed by atoms with Gasteiger partial charge in [0.25, 0.3) is 5.56 Å². The van der Waals surface area contributed by atoms with E-state index in [1.165, 1.54) is 28.2 Å². The zero-order valence-electron chi connectivity index (χ0n) is 18.7. The standard InChI is InChI=1S/C23H26N4O5S/c1-16-21(23(29)27(25(16)2)17-8-5-4-6-9-17)24-22(28)20-10-7-15-26(20)33(30,31)19-13-11-18(32-3)12-14-19/h4-6,8-9,11-14,20H,7,10,15H2,1-3H3,(H,24,28)/t20-/m0/s1. The lowest BCUT2D eigenvalue weighted by molar-refractivity contribution is -0.119. The Kier molecular flexibility index (Phi) is 6.13. The van der Waals surface area contributed by atoms with Crippen LogP contribution >= 0.6 is 0 Å². The zero-order chi connectivity index (χ0) is 23.8. The highest BCUT2D eigenvalue weighted by atomic mass is 32.2. The summed E-state index contributed by atoms with van der Waals surface area (Å²) < 4.78 is 35.9. The lowest BCUT2D eigenvalue weighted by Gasteiger charge is -2.23. The van der Waals surface area contributed by atoms with E-state index in [0.29, 0.717) is 30.0 Å². The number of aromatic nitrogens is 2. The number of amides is 1. The largest absolute Gasteiger partial charge is 0.497 e. The number of methoxy groups -OCH3 is 1. The molecule has 2 heterocycles. The third-order valence-electron chi connectivity index (χ3n) is 5.97. The predicted octanol–water partition coefficient (Wildman–Crippen LogP) is 2.28. The Morgan fingerprint density at radius 1 is 1.09 bits per heavy atom. The molecule has 1 aromatic heterocycles. The molecule has 10 heteroatoms. The van der Waals surface area contributed by atoms with E-state index in [9.17, 15) is 18.0 Å². The highest BCUT2D eigenvalue weighted by Gasteiger charge is 2.40. The van der Waals surface area contributed by atoms with Crippen molar-refractivity contribution in [2.45, 2.75) is 30.7 Å². The van der Waals surface area contributed by atoms with Crippen LogP contribution in [0.1, 0.15) is 18.5 Å². The number of hydrogen-bond acceptors (Lipinski definition) is 5. The van der Waals surface area contributed by atoms with Crippen molar-refractivity contribution in [1.82, 2.24) is 13.7 Å². The molecule has 1 aliphatic rings. The minimum atomic E-state index is -3.89. The number of ether oxygens (including phenoxy) is 1. The summed E-state index contributed by atoms with van der Waals surface area (Å²) in [5.74, 6) is 0.0227. The zero-order valence-corrected chi connectivity index (χ0v) is 19.5. The maximum atomic E-state index is 13.2. The number of nitrogens with one attached hydrogen (secondary N) is 1. The van der Waals surface area contributed by atoms with Crippen LogP contribution in [0.15, 0.2) is 64.3 Å². The van der Waals surface area contributed by atoms with E-state index >= 15 is 0 Å². The summed E-state index contributed by atoms with van der Waals surface area (Å²) in [4.78, 5) is 26.4. The molecule has 174 valence electrons. The number of anilines is 1. The number of para-hydroxylation sites is 1. The fraction of sp³-hybridized carbons (Fsp3) is 0.304. The van der Waals surface area contributed by atoms with Gasteiger partial charge in [-0.1, -0.05) is 18.2 Å². The fourth-order valence-corrected chi connectivity index (χ4v) is 5.75. The van der Waals surface area contributed by atoms with E-state index in [-0.39, 0.29) is 22.7 Å². The summed E-state index contributed by atoms with van der Waals surface area (Å²) in [6.07, 6.45) is 0.926. The van der Waals surface area contributed by atoms with Crippen molar-refractivity contribution in [2.75, 3.05) is 19.0 Å². The molecule has 0 aliphatic carbocycles. The molecule has 0 saturated carbocycles. The van der Waals surface area contributed by atoms with Crippen LogP contribution in [0.4, 0.5) is 5.69 Å². The maximum Gasteiger partial charge on any atom is 0.295 e. The van der Waals surface area contributed by atoms with E-state index in [2.05, 4.69) is 5.32 Å². The first-order valence-electron chi connectivity index (χ1n) is 10.6. The summed E-state index contributed by atoms with van der Waals surface area (Å²) in [7, 11) is -0.655. The van der Waals surface area contributed by atoms with E-state index < -0.39 is 22.0 Å². The van der Waals surface area contributed by atoms with Gasteiger partial charge < -0.3 is 10.1 Å². The minimum absolute atomic E-state index is 0.0883. The van der Waals surface area contributed by atoms with Gasteiger partial charge in [-0.05, 0) is 56.2 Å². The Labute approximate surface area is 192 Å². The van der Waals surface area contributed by atoms with Crippen LogP contribution in [0.25, 0.3) is 5.69 Å². The first-order valence-corrected chi connectivity index (χ1v) is 12.0. The number of nitrogens with zero attached hydrogens (tertiary/aromatic N) is 3. The summed E-state index contributed by atoms with van der Waals surface area (Å²) in [5, 5.41) is 2.70. The highest BCUT2D eigenvalue weighted by molar-refractivity contribution is 7.89. The normalized spacial score (nSPS) is 16.6. The van der Waals surface area contributed by atoms with Crippen molar-refractivity contribution in [3.63, 3.8) is 0 Å². The van der Waals surface area contributed by atoms with Crippen molar-refractivity contribution >= 4 is 21.6 Å². The molecule has 1 amide bonds. The van der Waals surface area contributed by atoms with Crippen LogP contribution in [-0.4, -0.2) is 47.7 Å². The molecule has 2 aromatic carbocycles. The lowest BCUT2D eigenvalue weighted by Crippen LogP contribution is -2.43. The molecule has 0 bridgehead atoms. The van der Waals surface area contributed by atoms with Crippen molar-refractivity contribution in [3.8, 4) is 11.4 Å². The summed E-state index contributed by atoms with van der Waals surface area (Å²) >= 11 is 0. The van der Waals surface area contributed by atoms with Crippen LogP contribution in [0, 0.1) is 6.92 Å². The van der Waals surface area contributed by atoms with Gasteiger partial charge in [0.1, 0.15) is 17.5 Å². The predicted molar refractivity (Wildman–Crippen MR) is 124 cm³/mol. The molecular formula is C23H26N4O5S. The van der Waals surface area contributed by atoms with E-state index in [4.69, 9.17) is 4.74 Å². The first-order chi connectivity index (χ1) is 15.8. The molecule has 1 fully saturated rings. The van der Waals surface area contributed by atoms with Crippen molar-refractivity contribution in [1.29, 1.82) is 0 Å². The van der Waals surface area contributed by atoms with Crippen LogP contribution in [0.2, 0.25) is 0 Å². The molecule has 0 unspecified atom stereocenters.